The highest BCUT2D eigenvalue weighted by molar-refractivity contribution is 5.69. The summed E-state index contributed by atoms with van der Waals surface area (Å²) in [6, 6.07) is 0. The molecule has 0 bridgehead atoms. The fourth-order valence-corrected chi connectivity index (χ4v) is 8.28. The first kappa shape index (κ1) is 60.4. The highest BCUT2D eigenvalue weighted by Gasteiger charge is 2.44. The first-order valence-corrected chi connectivity index (χ1v) is 27.1. The van der Waals surface area contributed by atoms with E-state index < -0.39 is 43.4 Å². The van der Waals surface area contributed by atoms with E-state index in [2.05, 4.69) is 50.3 Å². The van der Waals surface area contributed by atoms with Crippen molar-refractivity contribution in [2.45, 2.75) is 282 Å². The Morgan fingerprint density at radius 2 is 0.906 bits per heavy atom. The van der Waals surface area contributed by atoms with E-state index in [9.17, 15) is 25.2 Å². The molecule has 0 spiro atoms. The Morgan fingerprint density at radius 1 is 0.500 bits per heavy atom. The van der Waals surface area contributed by atoms with Crippen LogP contribution in [0.1, 0.15) is 245 Å². The zero-order chi connectivity index (χ0) is 46.4. The van der Waals surface area contributed by atoms with Gasteiger partial charge in [0.15, 0.2) is 6.29 Å². The van der Waals surface area contributed by atoms with Crippen molar-refractivity contribution in [2.75, 3.05) is 26.4 Å². The van der Waals surface area contributed by atoms with Gasteiger partial charge in [-0.25, -0.2) is 0 Å². The fraction of sp³-hybridized carbons (Fsp3) is 0.873. The third kappa shape index (κ3) is 36.5. The van der Waals surface area contributed by atoms with Crippen molar-refractivity contribution < 1.29 is 44.2 Å². The lowest BCUT2D eigenvalue weighted by Gasteiger charge is -2.39. The van der Waals surface area contributed by atoms with Gasteiger partial charge in [0.25, 0.3) is 0 Å². The number of rotatable bonds is 47. The van der Waals surface area contributed by atoms with E-state index in [0.29, 0.717) is 13.0 Å². The second kappa shape index (κ2) is 46.5. The maximum Gasteiger partial charge on any atom is 0.306 e. The maximum atomic E-state index is 12.9. The lowest BCUT2D eigenvalue weighted by atomic mass is 9.99. The molecule has 0 aromatic carbocycles. The molecular weight excluding hydrogens is 805 g/mol. The number of aliphatic hydroxyl groups excluding tert-OH is 4. The van der Waals surface area contributed by atoms with Crippen molar-refractivity contribution in [3.05, 3.63) is 36.5 Å². The molecule has 6 atom stereocenters. The van der Waals surface area contributed by atoms with Gasteiger partial charge < -0.3 is 39.4 Å². The van der Waals surface area contributed by atoms with Crippen molar-refractivity contribution in [2.24, 2.45) is 0 Å². The van der Waals surface area contributed by atoms with Crippen LogP contribution in [0.2, 0.25) is 0 Å². The third-order valence-electron chi connectivity index (χ3n) is 12.5. The molecule has 9 heteroatoms. The summed E-state index contributed by atoms with van der Waals surface area (Å²) in [6.07, 6.45) is 50.4. The Balaban J connectivity index is 2.16. The van der Waals surface area contributed by atoms with Gasteiger partial charge in [-0.1, -0.05) is 204 Å². The monoisotopic (exact) mass is 907 g/mol. The fourth-order valence-electron chi connectivity index (χ4n) is 8.28. The number of aliphatic hydroxyl groups is 4. The minimum Gasteiger partial charge on any atom is -0.457 e. The minimum atomic E-state index is -1.54. The number of unbranched alkanes of at least 4 members (excludes halogenated alkanes) is 30. The Labute approximate surface area is 393 Å². The molecule has 6 unspecified atom stereocenters. The Hall–Kier alpha value is -1.59. The molecule has 1 heterocycles. The largest absolute Gasteiger partial charge is 0.457 e. The Kier molecular flexibility index (Phi) is 43.9. The summed E-state index contributed by atoms with van der Waals surface area (Å²) in [5, 5.41) is 40.3. The molecule has 1 aliphatic rings. The molecule has 0 aromatic heterocycles. The van der Waals surface area contributed by atoms with E-state index >= 15 is 0 Å². The Morgan fingerprint density at radius 3 is 1.39 bits per heavy atom. The standard InChI is InChI=1S/C55H102O9/c1-3-5-7-9-11-13-15-17-19-21-22-23-24-25-26-27-28-29-30-32-34-36-38-40-42-44-51(57)63-49(48-62-55-54(60)53(59)52(58)50(46-56)64-55)47-61-45-43-41-39-37-35-33-31-20-18-16-14-12-10-8-6-4-2/h12,14,18,20-22,49-50,52-56,58-60H,3-11,13,15-17,19,23-48H2,1-2H3/b14-12-,20-18-,22-21-. The van der Waals surface area contributed by atoms with Crippen molar-refractivity contribution in [3.8, 4) is 0 Å². The number of hydrogen-bond donors (Lipinski definition) is 4. The van der Waals surface area contributed by atoms with E-state index in [1.165, 1.54) is 173 Å². The van der Waals surface area contributed by atoms with Gasteiger partial charge in [-0.3, -0.25) is 4.79 Å². The summed E-state index contributed by atoms with van der Waals surface area (Å²) in [5.74, 6) is -0.315. The van der Waals surface area contributed by atoms with Gasteiger partial charge in [0.1, 0.15) is 30.5 Å². The van der Waals surface area contributed by atoms with Crippen LogP contribution < -0.4 is 0 Å². The quantitative estimate of drug-likeness (QED) is 0.0267. The van der Waals surface area contributed by atoms with Crippen LogP contribution in [0.3, 0.4) is 0 Å². The summed E-state index contributed by atoms with van der Waals surface area (Å²) >= 11 is 0. The van der Waals surface area contributed by atoms with Gasteiger partial charge in [-0.2, -0.15) is 0 Å². The van der Waals surface area contributed by atoms with Gasteiger partial charge in [0.05, 0.1) is 19.8 Å². The second-order valence-corrected chi connectivity index (χ2v) is 18.7. The van der Waals surface area contributed by atoms with Crippen LogP contribution in [-0.2, 0) is 23.7 Å². The number of carbonyl (C=O) groups excluding carboxylic acids is 1. The molecule has 0 radical (unpaired) electrons. The first-order chi connectivity index (χ1) is 31.4. The van der Waals surface area contributed by atoms with Crippen LogP contribution in [-0.4, -0.2) is 89.6 Å². The van der Waals surface area contributed by atoms with Crippen LogP contribution in [0.5, 0.6) is 0 Å². The number of allylic oxidation sites excluding steroid dienone is 6. The van der Waals surface area contributed by atoms with Crippen LogP contribution in [0.25, 0.3) is 0 Å². The topological polar surface area (TPSA) is 135 Å². The van der Waals surface area contributed by atoms with Crippen molar-refractivity contribution in [1.82, 2.24) is 0 Å². The average molecular weight is 907 g/mol. The lowest BCUT2D eigenvalue weighted by molar-refractivity contribution is -0.305. The maximum absolute atomic E-state index is 12.9. The summed E-state index contributed by atoms with van der Waals surface area (Å²) in [4.78, 5) is 12.9. The highest BCUT2D eigenvalue weighted by atomic mass is 16.7. The molecule has 1 aliphatic heterocycles. The summed E-state index contributed by atoms with van der Waals surface area (Å²) in [7, 11) is 0. The Bertz CT molecular complexity index is 1080. The van der Waals surface area contributed by atoms with Gasteiger partial charge in [0.2, 0.25) is 0 Å². The van der Waals surface area contributed by atoms with Crippen LogP contribution in [0.15, 0.2) is 36.5 Å². The number of ether oxygens (including phenoxy) is 4. The molecule has 0 saturated carbocycles. The van der Waals surface area contributed by atoms with Gasteiger partial charge in [-0.15, -0.1) is 0 Å². The normalized spacial score (nSPS) is 19.8. The van der Waals surface area contributed by atoms with E-state index in [1.807, 2.05) is 0 Å². The van der Waals surface area contributed by atoms with Crippen molar-refractivity contribution >= 4 is 5.97 Å². The predicted molar refractivity (Wildman–Crippen MR) is 265 cm³/mol. The molecule has 376 valence electrons. The molecule has 0 aliphatic carbocycles. The lowest BCUT2D eigenvalue weighted by Crippen LogP contribution is -2.59. The predicted octanol–water partition coefficient (Wildman–Crippen LogP) is 13.5. The number of carbonyl (C=O) groups is 1. The zero-order valence-corrected chi connectivity index (χ0v) is 41.5. The SMILES string of the molecule is CCCCC/C=C\C/C=C\CCCCCCCCOCC(COC1OC(CO)C(O)C(O)C1O)OC(=O)CCCCCCCCCCCCCCC/C=C\CCCCCCCCCC. The number of esters is 1. The average Bonchev–Trinajstić information content (AvgIpc) is 3.30. The second-order valence-electron chi connectivity index (χ2n) is 18.7. The summed E-state index contributed by atoms with van der Waals surface area (Å²) in [5.41, 5.74) is 0. The van der Waals surface area contributed by atoms with Crippen LogP contribution in [0.4, 0.5) is 0 Å². The van der Waals surface area contributed by atoms with Crippen LogP contribution >= 0.6 is 0 Å². The third-order valence-corrected chi connectivity index (χ3v) is 12.5. The smallest absolute Gasteiger partial charge is 0.306 e. The van der Waals surface area contributed by atoms with Gasteiger partial charge in [-0.05, 0) is 70.6 Å². The minimum absolute atomic E-state index is 0.116. The summed E-state index contributed by atoms with van der Waals surface area (Å²) in [6.45, 7) is 4.54. The molecule has 1 fully saturated rings. The summed E-state index contributed by atoms with van der Waals surface area (Å²) < 4.78 is 22.9. The van der Waals surface area contributed by atoms with E-state index in [-0.39, 0.29) is 19.2 Å². The highest BCUT2D eigenvalue weighted by Crippen LogP contribution is 2.23. The van der Waals surface area contributed by atoms with Crippen LogP contribution in [0, 0.1) is 0 Å². The molecule has 4 N–H and O–H groups in total. The molecular formula is C55H102O9. The molecule has 9 nitrogen and oxygen atoms in total. The van der Waals surface area contributed by atoms with E-state index in [1.54, 1.807) is 0 Å². The molecule has 0 amide bonds. The number of hydrogen-bond acceptors (Lipinski definition) is 9. The molecule has 1 rings (SSSR count). The molecule has 1 saturated heterocycles. The van der Waals surface area contributed by atoms with E-state index in [4.69, 9.17) is 18.9 Å². The zero-order valence-electron chi connectivity index (χ0n) is 41.5. The molecule has 64 heavy (non-hydrogen) atoms. The van der Waals surface area contributed by atoms with Gasteiger partial charge in [0, 0.05) is 13.0 Å². The van der Waals surface area contributed by atoms with Gasteiger partial charge >= 0.3 is 5.97 Å². The first-order valence-electron chi connectivity index (χ1n) is 27.1. The molecule has 0 aromatic rings. The van der Waals surface area contributed by atoms with E-state index in [0.717, 1.165) is 51.4 Å². The van der Waals surface area contributed by atoms with Crippen molar-refractivity contribution in [1.29, 1.82) is 0 Å². The van der Waals surface area contributed by atoms with Crippen molar-refractivity contribution in [3.63, 3.8) is 0 Å².